The highest BCUT2D eigenvalue weighted by Gasteiger charge is 2.52. The van der Waals surface area contributed by atoms with E-state index in [0.29, 0.717) is 0 Å². The number of nitrogens with zero attached hydrogens (tertiary/aromatic N) is 2. The molecule has 0 unspecified atom stereocenters. The Labute approximate surface area is 128 Å². The third-order valence-corrected chi connectivity index (χ3v) is 5.05. The molecule has 114 valence electrons. The average Bonchev–Trinajstić information content (AvgIpc) is 2.96. The maximum Gasteiger partial charge on any atom is 0.496 e. The van der Waals surface area contributed by atoms with Gasteiger partial charge in [0.25, 0.3) is 0 Å². The normalized spacial score (nSPS) is 23.9. The van der Waals surface area contributed by atoms with Gasteiger partial charge in [0.1, 0.15) is 5.82 Å². The molecule has 3 heterocycles. The lowest BCUT2D eigenvalue weighted by Gasteiger charge is -2.32. The molecule has 2 fully saturated rings. The van der Waals surface area contributed by atoms with Crippen molar-refractivity contribution in [2.24, 2.45) is 0 Å². The lowest BCUT2D eigenvalue weighted by atomic mass is 9.78. The van der Waals surface area contributed by atoms with Gasteiger partial charge in [-0.15, -0.1) is 0 Å². The molecule has 1 aromatic rings. The molecule has 0 amide bonds. The van der Waals surface area contributed by atoms with Gasteiger partial charge >= 0.3 is 7.12 Å². The summed E-state index contributed by atoms with van der Waals surface area (Å²) >= 11 is 0. The molecule has 4 nitrogen and oxygen atoms in total. The Balaban J connectivity index is 1.84. The average molecular weight is 288 g/mol. The maximum absolute atomic E-state index is 6.12. The smallest absolute Gasteiger partial charge is 0.399 e. The van der Waals surface area contributed by atoms with Gasteiger partial charge in [-0.25, -0.2) is 4.98 Å². The van der Waals surface area contributed by atoms with Gasteiger partial charge in [-0.2, -0.15) is 0 Å². The van der Waals surface area contributed by atoms with Crippen molar-refractivity contribution in [2.45, 2.75) is 58.7 Å². The molecule has 21 heavy (non-hydrogen) atoms. The van der Waals surface area contributed by atoms with Crippen LogP contribution in [0.3, 0.4) is 0 Å². The van der Waals surface area contributed by atoms with E-state index in [-0.39, 0.29) is 18.3 Å². The van der Waals surface area contributed by atoms with E-state index in [0.717, 1.165) is 30.1 Å². The zero-order chi connectivity index (χ0) is 15.3. The molecule has 0 N–H and O–H groups in total. The summed E-state index contributed by atoms with van der Waals surface area (Å²) in [5.74, 6) is 1.07. The second-order valence-corrected chi connectivity index (χ2v) is 7.13. The number of aryl methyl sites for hydroxylation is 1. The summed E-state index contributed by atoms with van der Waals surface area (Å²) in [7, 11) is -0.324. The van der Waals surface area contributed by atoms with Gasteiger partial charge in [-0.3, -0.25) is 0 Å². The summed E-state index contributed by atoms with van der Waals surface area (Å²) in [6.07, 6.45) is 2.53. The number of hydrogen-bond donors (Lipinski definition) is 0. The minimum absolute atomic E-state index is 0.308. The molecule has 5 heteroatoms. The second-order valence-electron chi connectivity index (χ2n) is 7.13. The Bertz CT molecular complexity index is 523. The molecule has 3 rings (SSSR count). The van der Waals surface area contributed by atoms with Crippen LogP contribution in [0.5, 0.6) is 0 Å². The Morgan fingerprint density at radius 3 is 2.14 bits per heavy atom. The number of rotatable bonds is 2. The molecule has 0 spiro atoms. The van der Waals surface area contributed by atoms with Crippen LogP contribution in [0.15, 0.2) is 12.1 Å². The maximum atomic E-state index is 6.12. The van der Waals surface area contributed by atoms with Gasteiger partial charge in [-0.1, -0.05) is 6.07 Å². The van der Waals surface area contributed by atoms with E-state index >= 15 is 0 Å². The zero-order valence-electron chi connectivity index (χ0n) is 13.8. The molecular weight excluding hydrogens is 263 g/mol. The molecular formula is C16H25BN2O2. The van der Waals surface area contributed by atoms with Crippen LogP contribution in [0.1, 0.15) is 46.2 Å². The van der Waals surface area contributed by atoms with Crippen molar-refractivity contribution in [1.29, 1.82) is 0 Å². The SMILES string of the molecule is Cc1nc(N2CCCC2)ccc1B1OC(C)(C)C(C)(C)O1. The minimum atomic E-state index is -0.324. The molecule has 1 aromatic heterocycles. The molecule has 0 saturated carbocycles. The van der Waals surface area contributed by atoms with Crippen molar-refractivity contribution in [3.05, 3.63) is 17.8 Å². The Morgan fingerprint density at radius 2 is 1.62 bits per heavy atom. The third kappa shape index (κ3) is 2.57. The number of pyridine rings is 1. The summed E-state index contributed by atoms with van der Waals surface area (Å²) in [5, 5.41) is 0. The largest absolute Gasteiger partial charge is 0.496 e. The second kappa shape index (κ2) is 4.99. The van der Waals surface area contributed by atoms with Crippen molar-refractivity contribution in [2.75, 3.05) is 18.0 Å². The van der Waals surface area contributed by atoms with E-state index in [1.54, 1.807) is 0 Å². The van der Waals surface area contributed by atoms with Crippen LogP contribution < -0.4 is 10.4 Å². The Hall–Kier alpha value is -1.07. The van der Waals surface area contributed by atoms with Crippen LogP contribution in [0.25, 0.3) is 0 Å². The van der Waals surface area contributed by atoms with Crippen molar-refractivity contribution in [3.8, 4) is 0 Å². The fourth-order valence-corrected chi connectivity index (χ4v) is 2.90. The molecule has 0 bridgehead atoms. The number of aromatic nitrogens is 1. The van der Waals surface area contributed by atoms with Gasteiger partial charge in [0.15, 0.2) is 0 Å². The van der Waals surface area contributed by atoms with Gasteiger partial charge in [0.2, 0.25) is 0 Å². The summed E-state index contributed by atoms with van der Waals surface area (Å²) in [5.41, 5.74) is 1.42. The van der Waals surface area contributed by atoms with Gasteiger partial charge in [-0.05, 0) is 53.5 Å². The first-order valence-electron chi connectivity index (χ1n) is 7.88. The van der Waals surface area contributed by atoms with E-state index in [2.05, 4.69) is 44.7 Å². The first kappa shape index (κ1) is 14.9. The van der Waals surface area contributed by atoms with Gasteiger partial charge < -0.3 is 14.2 Å². The van der Waals surface area contributed by atoms with Gasteiger partial charge in [0, 0.05) is 24.2 Å². The summed E-state index contributed by atoms with van der Waals surface area (Å²) in [4.78, 5) is 7.11. The van der Waals surface area contributed by atoms with E-state index in [1.807, 2.05) is 6.92 Å². The highest BCUT2D eigenvalue weighted by atomic mass is 16.7. The number of anilines is 1. The Kier molecular flexibility index (Phi) is 3.53. The fourth-order valence-electron chi connectivity index (χ4n) is 2.90. The third-order valence-electron chi connectivity index (χ3n) is 5.05. The number of hydrogen-bond acceptors (Lipinski definition) is 4. The molecule has 2 aliphatic rings. The molecule has 0 radical (unpaired) electrons. The minimum Gasteiger partial charge on any atom is -0.399 e. The van der Waals surface area contributed by atoms with Crippen LogP contribution in [0, 0.1) is 6.92 Å². The molecule has 2 saturated heterocycles. The lowest BCUT2D eigenvalue weighted by molar-refractivity contribution is 0.00578. The molecule has 0 atom stereocenters. The van der Waals surface area contributed by atoms with Gasteiger partial charge in [0.05, 0.1) is 11.2 Å². The zero-order valence-corrected chi connectivity index (χ0v) is 13.8. The Morgan fingerprint density at radius 1 is 1.05 bits per heavy atom. The van der Waals surface area contributed by atoms with Crippen LogP contribution in [-0.4, -0.2) is 36.4 Å². The quantitative estimate of drug-likeness (QED) is 0.782. The van der Waals surface area contributed by atoms with Crippen LogP contribution in [0.4, 0.5) is 5.82 Å². The lowest BCUT2D eigenvalue weighted by Crippen LogP contribution is -2.41. The van der Waals surface area contributed by atoms with E-state index in [1.165, 1.54) is 12.8 Å². The molecule has 2 aliphatic heterocycles. The van der Waals surface area contributed by atoms with E-state index in [4.69, 9.17) is 14.3 Å². The molecule has 0 aliphatic carbocycles. The summed E-state index contributed by atoms with van der Waals surface area (Å²) in [6, 6.07) is 4.21. The van der Waals surface area contributed by atoms with Crippen LogP contribution >= 0.6 is 0 Å². The van der Waals surface area contributed by atoms with E-state index in [9.17, 15) is 0 Å². The highest BCUT2D eigenvalue weighted by molar-refractivity contribution is 6.62. The van der Waals surface area contributed by atoms with E-state index < -0.39 is 0 Å². The standard InChI is InChI=1S/C16H25BN2O2/c1-12-13(17-20-15(2,3)16(4,5)21-17)8-9-14(18-12)19-10-6-7-11-19/h8-9H,6-7,10-11H2,1-5H3. The van der Waals surface area contributed by atoms with Crippen LogP contribution in [0.2, 0.25) is 0 Å². The van der Waals surface area contributed by atoms with Crippen molar-refractivity contribution in [3.63, 3.8) is 0 Å². The predicted octanol–water partition coefficient (Wildman–Crippen LogP) is 2.29. The van der Waals surface area contributed by atoms with Crippen molar-refractivity contribution in [1.82, 2.24) is 4.98 Å². The first-order valence-corrected chi connectivity index (χ1v) is 7.88. The molecule has 0 aromatic carbocycles. The predicted molar refractivity (Wildman–Crippen MR) is 86.1 cm³/mol. The first-order chi connectivity index (χ1) is 9.80. The van der Waals surface area contributed by atoms with Crippen molar-refractivity contribution < 1.29 is 9.31 Å². The topological polar surface area (TPSA) is 34.6 Å². The summed E-state index contributed by atoms with van der Waals surface area (Å²) in [6.45, 7) is 12.6. The fraction of sp³-hybridized carbons (Fsp3) is 0.688. The highest BCUT2D eigenvalue weighted by Crippen LogP contribution is 2.36. The van der Waals surface area contributed by atoms with Crippen molar-refractivity contribution >= 4 is 18.4 Å². The monoisotopic (exact) mass is 288 g/mol. The van der Waals surface area contributed by atoms with Crippen LogP contribution in [-0.2, 0) is 9.31 Å². The summed E-state index contributed by atoms with van der Waals surface area (Å²) < 4.78 is 12.2.